The van der Waals surface area contributed by atoms with Crippen molar-refractivity contribution in [1.29, 1.82) is 0 Å². The van der Waals surface area contributed by atoms with E-state index in [-0.39, 0.29) is 0 Å². The van der Waals surface area contributed by atoms with Crippen molar-refractivity contribution < 1.29 is 9.05 Å². The molecule has 0 bridgehead atoms. The molecule has 0 atom stereocenters. The summed E-state index contributed by atoms with van der Waals surface area (Å²) in [4.78, 5) is 4.68. The fraction of sp³-hybridized carbons (Fsp3) is 0.400. The van der Waals surface area contributed by atoms with Gasteiger partial charge in [0.1, 0.15) is 0 Å². The standard InChI is InChI=1S/C15H20NO2PS4/c1-3-17-19(20,18-4-2)23-11-10-21-15-16-14(12-22-15)13-8-6-5-7-9-13/h5-9,12H,3-4,10-11H2,1-2H3. The van der Waals surface area contributed by atoms with Gasteiger partial charge in [-0.15, -0.1) is 11.3 Å². The van der Waals surface area contributed by atoms with Gasteiger partial charge in [0.2, 0.25) is 5.69 Å². The maximum Gasteiger partial charge on any atom is 0.247 e. The molecule has 0 unspecified atom stereocenters. The third kappa shape index (κ3) is 6.50. The Labute approximate surface area is 155 Å². The SMILES string of the molecule is CCOP(=S)(OCC)SCCSc1nc(-c2ccccc2)cs1. The lowest BCUT2D eigenvalue weighted by Crippen LogP contribution is -1.94. The van der Waals surface area contributed by atoms with E-state index in [1.807, 2.05) is 32.0 Å². The van der Waals surface area contributed by atoms with Crippen LogP contribution in [0.4, 0.5) is 0 Å². The molecular weight excluding hydrogens is 385 g/mol. The largest absolute Gasteiger partial charge is 0.322 e. The number of benzene rings is 1. The maximum absolute atomic E-state index is 5.63. The summed E-state index contributed by atoms with van der Waals surface area (Å²) in [5.74, 6) is 1.85. The van der Waals surface area contributed by atoms with Crippen molar-refractivity contribution in [2.24, 2.45) is 0 Å². The number of hydrogen-bond donors (Lipinski definition) is 0. The molecule has 1 aromatic carbocycles. The van der Waals surface area contributed by atoms with Gasteiger partial charge in [0.05, 0.1) is 18.9 Å². The minimum absolute atomic E-state index is 0.602. The van der Waals surface area contributed by atoms with Gasteiger partial charge in [0.25, 0.3) is 0 Å². The highest BCUT2D eigenvalue weighted by atomic mass is 32.9. The number of nitrogens with zero attached hydrogens (tertiary/aromatic N) is 1. The van der Waals surface area contributed by atoms with E-state index in [2.05, 4.69) is 22.5 Å². The summed E-state index contributed by atoms with van der Waals surface area (Å²) in [7, 11) is 0. The van der Waals surface area contributed by atoms with Crippen LogP contribution in [0.1, 0.15) is 13.8 Å². The molecule has 0 amide bonds. The third-order valence-electron chi connectivity index (χ3n) is 2.69. The van der Waals surface area contributed by atoms with Crippen LogP contribution in [0.15, 0.2) is 40.1 Å². The maximum atomic E-state index is 5.63. The fourth-order valence-corrected chi connectivity index (χ4v) is 8.76. The van der Waals surface area contributed by atoms with E-state index in [1.54, 1.807) is 34.5 Å². The molecule has 1 heterocycles. The number of thiazole rings is 1. The zero-order valence-electron chi connectivity index (χ0n) is 13.1. The monoisotopic (exact) mass is 405 g/mol. The minimum Gasteiger partial charge on any atom is -0.322 e. The van der Waals surface area contributed by atoms with E-state index in [9.17, 15) is 0 Å². The Morgan fingerprint density at radius 1 is 1.13 bits per heavy atom. The zero-order valence-corrected chi connectivity index (χ0v) is 17.3. The Hall–Kier alpha value is 0.120. The average Bonchev–Trinajstić information content (AvgIpc) is 3.02. The Morgan fingerprint density at radius 3 is 2.48 bits per heavy atom. The molecule has 126 valence electrons. The van der Waals surface area contributed by atoms with Crippen molar-refractivity contribution in [3.8, 4) is 11.3 Å². The second-order valence-corrected chi connectivity index (χ2v) is 13.0. The molecule has 23 heavy (non-hydrogen) atoms. The van der Waals surface area contributed by atoms with E-state index >= 15 is 0 Å². The van der Waals surface area contributed by atoms with Crippen LogP contribution in [0.3, 0.4) is 0 Å². The molecule has 0 radical (unpaired) electrons. The highest BCUT2D eigenvalue weighted by Gasteiger charge is 2.18. The van der Waals surface area contributed by atoms with Crippen molar-refractivity contribution in [1.82, 2.24) is 4.98 Å². The van der Waals surface area contributed by atoms with Crippen molar-refractivity contribution in [3.05, 3.63) is 35.7 Å². The number of hydrogen-bond acceptors (Lipinski definition) is 7. The summed E-state index contributed by atoms with van der Waals surface area (Å²) in [6.07, 6.45) is 0. The van der Waals surface area contributed by atoms with E-state index in [4.69, 9.17) is 20.9 Å². The van der Waals surface area contributed by atoms with Gasteiger partial charge >= 0.3 is 0 Å². The predicted molar refractivity (Wildman–Crippen MR) is 108 cm³/mol. The van der Waals surface area contributed by atoms with Gasteiger partial charge in [-0.05, 0) is 25.7 Å². The summed E-state index contributed by atoms with van der Waals surface area (Å²) < 4.78 is 12.3. The molecule has 0 saturated heterocycles. The molecule has 2 rings (SSSR count). The first-order valence-corrected chi connectivity index (χ1v) is 13.4. The van der Waals surface area contributed by atoms with Crippen LogP contribution in [0, 0.1) is 0 Å². The Balaban J connectivity index is 1.81. The molecule has 0 N–H and O–H groups in total. The van der Waals surface area contributed by atoms with Crippen LogP contribution < -0.4 is 0 Å². The summed E-state index contributed by atoms with van der Waals surface area (Å²) in [6, 6.07) is 10.3. The van der Waals surface area contributed by atoms with E-state index in [0.717, 1.165) is 27.1 Å². The smallest absolute Gasteiger partial charge is 0.247 e. The average molecular weight is 406 g/mol. The summed E-state index contributed by atoms with van der Waals surface area (Å²) >= 11 is 10.6. The Bertz CT molecular complexity index is 625. The molecule has 2 aromatic rings. The first-order chi connectivity index (χ1) is 11.2. The van der Waals surface area contributed by atoms with Crippen molar-refractivity contribution in [2.45, 2.75) is 18.2 Å². The number of aromatic nitrogens is 1. The summed E-state index contributed by atoms with van der Waals surface area (Å²) in [5, 5.41) is 2.11. The zero-order chi connectivity index (χ0) is 16.5. The Morgan fingerprint density at radius 2 is 1.83 bits per heavy atom. The highest BCUT2D eigenvalue weighted by Crippen LogP contribution is 2.60. The van der Waals surface area contributed by atoms with Crippen LogP contribution in [-0.2, 0) is 20.9 Å². The number of rotatable bonds is 10. The van der Waals surface area contributed by atoms with Crippen LogP contribution in [-0.4, -0.2) is 29.7 Å². The molecule has 0 spiro atoms. The van der Waals surface area contributed by atoms with Gasteiger partial charge in [0.15, 0.2) is 4.34 Å². The van der Waals surface area contributed by atoms with Gasteiger partial charge in [0, 0.05) is 22.4 Å². The molecule has 1 aromatic heterocycles. The molecule has 8 heteroatoms. The van der Waals surface area contributed by atoms with Gasteiger partial charge in [-0.1, -0.05) is 53.5 Å². The lowest BCUT2D eigenvalue weighted by Gasteiger charge is -2.19. The topological polar surface area (TPSA) is 31.4 Å². The summed E-state index contributed by atoms with van der Waals surface area (Å²) in [5.41, 5.74) is 0.0380. The van der Waals surface area contributed by atoms with Crippen molar-refractivity contribution >= 4 is 52.0 Å². The van der Waals surface area contributed by atoms with E-state index < -0.39 is 5.69 Å². The molecule has 3 nitrogen and oxygen atoms in total. The van der Waals surface area contributed by atoms with E-state index in [0.29, 0.717) is 13.2 Å². The fourth-order valence-electron chi connectivity index (χ4n) is 1.77. The Kier molecular flexibility index (Phi) is 8.61. The molecule has 0 aliphatic rings. The first-order valence-electron chi connectivity index (χ1n) is 7.34. The normalized spacial score (nSPS) is 11.7. The third-order valence-corrected chi connectivity index (χ3v) is 10.5. The van der Waals surface area contributed by atoms with Gasteiger partial charge < -0.3 is 9.05 Å². The number of thioether (sulfide) groups is 1. The second-order valence-electron chi connectivity index (χ2n) is 4.33. The molecule has 0 aliphatic carbocycles. The van der Waals surface area contributed by atoms with Crippen molar-refractivity contribution in [2.75, 3.05) is 24.7 Å². The van der Waals surface area contributed by atoms with Crippen LogP contribution in [0.5, 0.6) is 0 Å². The van der Waals surface area contributed by atoms with Gasteiger partial charge in [-0.3, -0.25) is 0 Å². The highest BCUT2D eigenvalue weighted by molar-refractivity contribution is 8.68. The van der Waals surface area contributed by atoms with Gasteiger partial charge in [-0.25, -0.2) is 4.98 Å². The lowest BCUT2D eigenvalue weighted by molar-refractivity contribution is 0.280. The predicted octanol–water partition coefficient (Wildman–Crippen LogP) is 5.93. The van der Waals surface area contributed by atoms with Gasteiger partial charge in [-0.2, -0.15) is 0 Å². The van der Waals surface area contributed by atoms with Crippen molar-refractivity contribution in [3.63, 3.8) is 0 Å². The summed E-state index contributed by atoms with van der Waals surface area (Å²) in [6.45, 7) is 5.11. The molecule has 0 fully saturated rings. The van der Waals surface area contributed by atoms with Crippen LogP contribution in [0.2, 0.25) is 0 Å². The van der Waals surface area contributed by atoms with Crippen LogP contribution >= 0.6 is 40.2 Å². The van der Waals surface area contributed by atoms with E-state index in [1.165, 1.54) is 0 Å². The second kappa shape index (κ2) is 10.2. The molecule has 0 aliphatic heterocycles. The van der Waals surface area contributed by atoms with Crippen LogP contribution in [0.25, 0.3) is 11.3 Å². The molecular formula is C15H20NO2PS4. The quantitative estimate of drug-likeness (QED) is 0.276. The minimum atomic E-state index is -2.16. The lowest BCUT2D eigenvalue weighted by atomic mass is 10.2. The molecule has 0 saturated carbocycles. The first kappa shape index (κ1) is 19.4.